The molecule has 1 amide bonds. The van der Waals surface area contributed by atoms with E-state index in [2.05, 4.69) is 47.8 Å². The molecular formula is C27H36N10O11P2S2. The Bertz CT molecular complexity index is 2070. The first kappa shape index (κ1) is 37.4. The van der Waals surface area contributed by atoms with Gasteiger partial charge in [0.2, 0.25) is 5.91 Å². The van der Waals surface area contributed by atoms with Crippen molar-refractivity contribution < 1.29 is 52.4 Å². The molecule has 8 N–H and O–H groups in total. The normalized spacial score (nSPS) is 26.9. The largest absolute Gasteiger partial charge is 0.387 e. The Hall–Kier alpha value is -2.89. The molecule has 7 heterocycles. The number of anilines is 2. The molecule has 52 heavy (non-hydrogen) atoms. The Labute approximate surface area is 305 Å². The number of aryl methyl sites for hydroxylation is 1. The maximum atomic E-state index is 11.8. The van der Waals surface area contributed by atoms with Crippen LogP contribution in [-0.4, -0.2) is 111 Å². The highest BCUT2D eigenvalue weighted by atomic mass is 32.7. The fraction of sp³-hybridized carbons (Fsp3) is 0.556. The van der Waals surface area contributed by atoms with Crippen molar-refractivity contribution in [1.29, 1.82) is 0 Å². The van der Waals surface area contributed by atoms with Crippen molar-refractivity contribution in [3.8, 4) is 0 Å². The van der Waals surface area contributed by atoms with E-state index >= 15 is 0 Å². The van der Waals surface area contributed by atoms with Crippen molar-refractivity contribution in [2.75, 3.05) is 37.4 Å². The number of aliphatic hydroxyl groups excluding tert-OH is 2. The van der Waals surface area contributed by atoms with Crippen molar-refractivity contribution in [3.63, 3.8) is 0 Å². The second kappa shape index (κ2) is 15.1. The molecule has 0 radical (unpaired) electrons. The molecule has 282 valence electrons. The molecule has 4 aromatic heterocycles. The number of ether oxygens (including phenoxy) is 2. The summed E-state index contributed by atoms with van der Waals surface area (Å²) in [6, 6.07) is 0. The van der Waals surface area contributed by atoms with Crippen LogP contribution in [0.15, 0.2) is 18.9 Å². The summed E-state index contributed by atoms with van der Waals surface area (Å²) in [5.41, 5.74) is 8.22. The number of carbonyl (C=O) groups is 1. The number of nitrogens with zero attached hydrogens (tertiary/aromatic N) is 7. The van der Waals surface area contributed by atoms with Gasteiger partial charge < -0.3 is 54.9 Å². The van der Waals surface area contributed by atoms with Crippen LogP contribution < -0.4 is 16.4 Å². The van der Waals surface area contributed by atoms with Crippen LogP contribution >= 0.6 is 25.8 Å². The summed E-state index contributed by atoms with van der Waals surface area (Å²) in [5.74, 6) is 0.130. The number of thiol groups is 1. The smallest absolute Gasteiger partial charge is 0.383 e. The zero-order valence-corrected chi connectivity index (χ0v) is 30.7. The number of nitrogens with one attached hydrogen (secondary N) is 2. The van der Waals surface area contributed by atoms with E-state index in [4.69, 9.17) is 45.7 Å². The zero-order valence-electron chi connectivity index (χ0n) is 27.2. The van der Waals surface area contributed by atoms with Gasteiger partial charge in [0, 0.05) is 12.7 Å². The number of aliphatic hydroxyl groups is 2. The minimum Gasteiger partial charge on any atom is -0.387 e. The highest BCUT2D eigenvalue weighted by molar-refractivity contribution is 8.44. The number of fused-ring (bicyclic) bond motifs is 1. The zero-order chi connectivity index (χ0) is 36.8. The molecule has 0 saturated carbocycles. The van der Waals surface area contributed by atoms with Gasteiger partial charge in [0.15, 0.2) is 23.5 Å². The van der Waals surface area contributed by atoms with E-state index in [1.165, 1.54) is 17.2 Å². The van der Waals surface area contributed by atoms with Gasteiger partial charge in [0.1, 0.15) is 54.5 Å². The molecule has 0 aliphatic carbocycles. The van der Waals surface area contributed by atoms with E-state index in [1.807, 2.05) is 10.8 Å². The maximum Gasteiger partial charge on any atom is 0.383 e. The van der Waals surface area contributed by atoms with Gasteiger partial charge in [-0.1, -0.05) is 12.2 Å². The fourth-order valence-electron chi connectivity index (χ4n) is 6.41. The lowest BCUT2D eigenvalue weighted by atomic mass is 10.1. The summed E-state index contributed by atoms with van der Waals surface area (Å²) in [4.78, 5) is 54.1. The average Bonchev–Trinajstić information content (AvgIpc) is 3.86. The average molecular weight is 803 g/mol. The van der Waals surface area contributed by atoms with Crippen LogP contribution in [0.4, 0.5) is 11.6 Å². The van der Waals surface area contributed by atoms with Gasteiger partial charge in [-0.2, -0.15) is 0 Å². The minimum atomic E-state index is -4.28. The molecule has 7 rings (SSSR count). The summed E-state index contributed by atoms with van der Waals surface area (Å²) in [5, 5.41) is 27.1. The SMILES string of the molecule is Nc1nc(CNC(=O)CO)nc2c1ncn2[C@@H]1O[C@H](COP(=O)(O)S)[C@@H](O)[C@H]1OP(O)(=S)OC[C@@H]1CCC(n2cc3c4c(ncnc42)NCCC3)O1. The third kappa shape index (κ3) is 7.97. The number of nitrogen functional groups attached to an aromatic ring is 1. The van der Waals surface area contributed by atoms with Crippen molar-refractivity contribution in [1.82, 2.24) is 39.4 Å². The third-order valence-corrected chi connectivity index (χ3v) is 11.1. The number of rotatable bonds is 13. The summed E-state index contributed by atoms with van der Waals surface area (Å²) >= 11 is 8.88. The molecule has 2 saturated heterocycles. The first-order valence-electron chi connectivity index (χ1n) is 16.1. The molecule has 25 heteroatoms. The van der Waals surface area contributed by atoms with Gasteiger partial charge in [-0.05, 0) is 43.1 Å². The Balaban J connectivity index is 1.07. The van der Waals surface area contributed by atoms with E-state index in [9.17, 15) is 24.3 Å². The second-order valence-corrected chi connectivity index (χ2v) is 17.8. The van der Waals surface area contributed by atoms with Gasteiger partial charge >= 0.3 is 13.5 Å². The Morgan fingerprint density at radius 2 is 1.98 bits per heavy atom. The van der Waals surface area contributed by atoms with E-state index in [0.717, 1.165) is 41.8 Å². The monoisotopic (exact) mass is 802 g/mol. The van der Waals surface area contributed by atoms with Crippen LogP contribution in [0.1, 0.15) is 43.1 Å². The fourth-order valence-corrected chi connectivity index (χ4v) is 8.39. The number of amides is 1. The van der Waals surface area contributed by atoms with E-state index in [0.29, 0.717) is 12.8 Å². The molecule has 0 aromatic carbocycles. The first-order chi connectivity index (χ1) is 24.8. The van der Waals surface area contributed by atoms with Crippen LogP contribution in [0.3, 0.4) is 0 Å². The van der Waals surface area contributed by atoms with Crippen LogP contribution in [0, 0.1) is 0 Å². The van der Waals surface area contributed by atoms with Gasteiger partial charge in [-0.3, -0.25) is 18.4 Å². The number of hydrogen-bond acceptors (Lipinski definition) is 17. The van der Waals surface area contributed by atoms with Crippen molar-refractivity contribution in [3.05, 3.63) is 30.2 Å². The first-order valence-corrected chi connectivity index (χ1v) is 21.4. The summed E-state index contributed by atoms with van der Waals surface area (Å²) in [7, 11) is 0. The lowest BCUT2D eigenvalue weighted by molar-refractivity contribution is -0.124. The molecule has 0 spiro atoms. The number of aromatic nitrogens is 7. The summed E-state index contributed by atoms with van der Waals surface area (Å²) < 4.78 is 43.9. The maximum absolute atomic E-state index is 11.8. The Morgan fingerprint density at radius 3 is 2.77 bits per heavy atom. The highest BCUT2D eigenvalue weighted by Crippen LogP contribution is 2.52. The van der Waals surface area contributed by atoms with E-state index in [-0.39, 0.29) is 42.2 Å². The lowest BCUT2D eigenvalue weighted by Crippen LogP contribution is -2.35. The summed E-state index contributed by atoms with van der Waals surface area (Å²) in [6.07, 6.45) is 1.45. The molecule has 4 aromatic rings. The van der Waals surface area contributed by atoms with Crippen LogP contribution in [0.5, 0.6) is 0 Å². The van der Waals surface area contributed by atoms with Crippen LogP contribution in [0.2, 0.25) is 0 Å². The summed E-state index contributed by atoms with van der Waals surface area (Å²) in [6.45, 7) is -9.26. The topological polar surface area (TPSA) is 286 Å². The second-order valence-electron chi connectivity index (χ2n) is 12.3. The Kier molecular flexibility index (Phi) is 10.9. The quantitative estimate of drug-likeness (QED) is 0.0671. The molecule has 2 fully saturated rings. The molecule has 3 aliphatic rings. The third-order valence-electron chi connectivity index (χ3n) is 8.75. The molecule has 0 bridgehead atoms. The highest BCUT2D eigenvalue weighted by Gasteiger charge is 2.49. The lowest BCUT2D eigenvalue weighted by Gasteiger charge is -2.26. The van der Waals surface area contributed by atoms with Gasteiger partial charge in [-0.15, -0.1) is 0 Å². The Morgan fingerprint density at radius 1 is 1.15 bits per heavy atom. The van der Waals surface area contributed by atoms with Crippen molar-refractivity contribution in [2.24, 2.45) is 0 Å². The number of imidazole rings is 1. The number of carbonyl (C=O) groups excluding carboxylic acids is 1. The number of nitrogens with two attached hydrogens (primary N) is 1. The van der Waals surface area contributed by atoms with Crippen molar-refractivity contribution in [2.45, 2.75) is 69.1 Å². The molecular weight excluding hydrogens is 766 g/mol. The van der Waals surface area contributed by atoms with Gasteiger partial charge in [0.05, 0.1) is 37.6 Å². The van der Waals surface area contributed by atoms with Crippen molar-refractivity contribution >= 4 is 77.3 Å². The molecule has 21 nitrogen and oxygen atoms in total. The predicted octanol–water partition coefficient (Wildman–Crippen LogP) is 0.421. The molecule has 3 aliphatic heterocycles. The van der Waals surface area contributed by atoms with Crippen LogP contribution in [0.25, 0.3) is 22.2 Å². The van der Waals surface area contributed by atoms with E-state index < -0.39 is 63.3 Å². The number of hydrogen-bond donors (Lipinski definition) is 8. The van der Waals surface area contributed by atoms with Crippen LogP contribution in [-0.2, 0) is 57.2 Å². The molecule has 3 unspecified atom stereocenters. The van der Waals surface area contributed by atoms with Gasteiger partial charge in [0.25, 0.3) is 0 Å². The van der Waals surface area contributed by atoms with Gasteiger partial charge in [-0.25, -0.2) is 29.5 Å². The van der Waals surface area contributed by atoms with E-state index in [1.54, 1.807) is 0 Å². The molecule has 8 atom stereocenters. The standard InChI is InChI=1S/C27H36N10O11P2S2/c28-23-20-26(35-16(34-23)6-30-17(39)8-38)37(12-33-20)27-22(21(40)15(47-27)10-44-49(41,42)51)48-50(43,52)45-9-14-3-4-18(46-14)36-7-13-2-1-5-29-24-19(13)25(36)32-11-31-24/h7,11-12,14-15,18,21-22,27,38,40H,1-6,8-10H2,(H,30,39)(H,43,52)(H2,28,34,35)(H,29,31,32)(H2,41,42,51)/t14-,15+,18?,21+,22+,27+,50?/m0/s1. The predicted molar refractivity (Wildman–Crippen MR) is 188 cm³/mol. The minimum absolute atomic E-state index is 0.0495.